The summed E-state index contributed by atoms with van der Waals surface area (Å²) in [5, 5.41) is 0.368. The number of aryl methyl sites for hydroxylation is 1. The molecule has 0 amide bonds. The van der Waals surface area contributed by atoms with Crippen molar-refractivity contribution in [1.29, 1.82) is 0 Å². The molecule has 2 N–H and O–H groups in total. The summed E-state index contributed by atoms with van der Waals surface area (Å²) in [6.07, 6.45) is -0.231. The summed E-state index contributed by atoms with van der Waals surface area (Å²) in [7, 11) is 2.97. The Kier molecular flexibility index (Phi) is 6.15. The summed E-state index contributed by atoms with van der Waals surface area (Å²) in [6, 6.07) is 8.57. The molecule has 2 aromatic rings. The lowest BCUT2D eigenvalue weighted by molar-refractivity contribution is 0.0784. The molecule has 0 aliphatic carbocycles. The van der Waals surface area contributed by atoms with Gasteiger partial charge in [0.05, 0.1) is 30.5 Å². The molecular weight excluding hydrogens is 342 g/mol. The van der Waals surface area contributed by atoms with Crippen molar-refractivity contribution in [2.24, 2.45) is 0 Å². The predicted octanol–water partition coefficient (Wildman–Crippen LogP) is 4.29. The molecule has 0 spiro atoms. The molecule has 0 saturated heterocycles. The van der Waals surface area contributed by atoms with Gasteiger partial charge in [-0.25, -0.2) is 0 Å². The van der Waals surface area contributed by atoms with Crippen molar-refractivity contribution in [3.05, 3.63) is 46.5 Å². The summed E-state index contributed by atoms with van der Waals surface area (Å²) >= 11 is 6.10. The average Bonchev–Trinajstić information content (AvgIpc) is 2.60. The average molecular weight is 364 g/mol. The van der Waals surface area contributed by atoms with Gasteiger partial charge in [-0.3, -0.25) is 4.79 Å². The Bertz CT molecular complexity index is 776. The van der Waals surface area contributed by atoms with Crippen LogP contribution in [0.4, 0.5) is 5.69 Å². The zero-order valence-corrected chi connectivity index (χ0v) is 15.5. The number of hydrogen-bond donors (Lipinski definition) is 1. The Morgan fingerprint density at radius 3 is 2.36 bits per heavy atom. The van der Waals surface area contributed by atoms with Crippen LogP contribution in [0.15, 0.2) is 30.3 Å². The molecule has 5 nitrogen and oxygen atoms in total. The van der Waals surface area contributed by atoms with Crippen LogP contribution in [-0.2, 0) is 0 Å². The zero-order chi connectivity index (χ0) is 18.6. The van der Waals surface area contributed by atoms with E-state index < -0.39 is 6.10 Å². The van der Waals surface area contributed by atoms with E-state index in [9.17, 15) is 4.79 Å². The molecule has 2 rings (SSSR count). The van der Waals surface area contributed by atoms with E-state index in [0.29, 0.717) is 39.9 Å². The Hall–Kier alpha value is -2.40. The molecule has 6 heteroatoms. The molecular formula is C19H22ClNO4. The number of Topliss-reactive ketones (excluding diaryl/α,β-unsaturated/α-hetero) is 1. The largest absolute Gasteiger partial charge is 0.496 e. The minimum Gasteiger partial charge on any atom is -0.496 e. The number of ketones is 1. The van der Waals surface area contributed by atoms with Gasteiger partial charge >= 0.3 is 0 Å². The highest BCUT2D eigenvalue weighted by Gasteiger charge is 2.25. The lowest BCUT2D eigenvalue weighted by Gasteiger charge is -2.20. The SMILES string of the molecule is CCC(Oc1ccc(C)cc1N)C(=O)c1cc(OC)c(Cl)cc1OC. The van der Waals surface area contributed by atoms with Crippen LogP contribution in [0.1, 0.15) is 29.3 Å². The van der Waals surface area contributed by atoms with E-state index in [1.165, 1.54) is 14.2 Å². The van der Waals surface area contributed by atoms with E-state index in [4.69, 9.17) is 31.5 Å². The second kappa shape index (κ2) is 8.12. The molecule has 1 unspecified atom stereocenters. The van der Waals surface area contributed by atoms with Crippen LogP contribution < -0.4 is 19.9 Å². The number of carbonyl (C=O) groups excluding carboxylic acids is 1. The van der Waals surface area contributed by atoms with Crippen molar-refractivity contribution in [1.82, 2.24) is 0 Å². The third-order valence-electron chi connectivity index (χ3n) is 3.84. The minimum absolute atomic E-state index is 0.228. The van der Waals surface area contributed by atoms with E-state index in [1.54, 1.807) is 24.3 Å². The monoisotopic (exact) mass is 363 g/mol. The summed E-state index contributed by atoms with van der Waals surface area (Å²) in [4.78, 5) is 13.0. The highest BCUT2D eigenvalue weighted by atomic mass is 35.5. The topological polar surface area (TPSA) is 70.8 Å². The molecule has 25 heavy (non-hydrogen) atoms. The number of benzene rings is 2. The van der Waals surface area contributed by atoms with E-state index in [0.717, 1.165) is 5.56 Å². The van der Waals surface area contributed by atoms with Crippen molar-refractivity contribution >= 4 is 23.1 Å². The highest BCUT2D eigenvalue weighted by Crippen LogP contribution is 2.34. The van der Waals surface area contributed by atoms with Crippen LogP contribution in [0.3, 0.4) is 0 Å². The van der Waals surface area contributed by atoms with Gasteiger partial charge in [-0.15, -0.1) is 0 Å². The van der Waals surface area contributed by atoms with Gasteiger partial charge in [-0.2, -0.15) is 0 Å². The van der Waals surface area contributed by atoms with Gasteiger partial charge in [0.15, 0.2) is 6.10 Å². The smallest absolute Gasteiger partial charge is 0.207 e. The molecule has 0 bridgehead atoms. The molecule has 0 heterocycles. The number of halogens is 1. The fourth-order valence-electron chi connectivity index (χ4n) is 2.48. The van der Waals surface area contributed by atoms with Gasteiger partial charge in [0.25, 0.3) is 0 Å². The van der Waals surface area contributed by atoms with Crippen molar-refractivity contribution in [2.45, 2.75) is 26.4 Å². The van der Waals surface area contributed by atoms with Gasteiger partial charge in [0.2, 0.25) is 5.78 Å². The first-order chi connectivity index (χ1) is 11.9. The number of methoxy groups -OCH3 is 2. The zero-order valence-electron chi connectivity index (χ0n) is 14.8. The number of nitrogens with two attached hydrogens (primary N) is 1. The number of anilines is 1. The molecule has 0 aliphatic heterocycles. The second-order valence-electron chi connectivity index (χ2n) is 5.61. The molecule has 0 aromatic heterocycles. The first-order valence-electron chi connectivity index (χ1n) is 7.89. The summed E-state index contributed by atoms with van der Waals surface area (Å²) in [5.74, 6) is 1.02. The Balaban J connectivity index is 2.36. The van der Waals surface area contributed by atoms with Crippen LogP contribution in [0.2, 0.25) is 5.02 Å². The molecule has 2 aromatic carbocycles. The Labute approximate surface area is 152 Å². The maximum absolute atomic E-state index is 13.0. The normalized spacial score (nSPS) is 11.7. The van der Waals surface area contributed by atoms with E-state index in [2.05, 4.69) is 0 Å². The molecule has 0 saturated carbocycles. The lowest BCUT2D eigenvalue weighted by atomic mass is 10.0. The number of carbonyl (C=O) groups is 1. The predicted molar refractivity (Wildman–Crippen MR) is 99.2 cm³/mol. The molecule has 1 atom stereocenters. The molecule has 0 aliphatic rings. The fourth-order valence-corrected chi connectivity index (χ4v) is 2.71. The molecule has 134 valence electrons. The standard InChI is InChI=1S/C19H22ClNO4/c1-5-15(25-16-7-6-11(2)8-14(16)21)19(22)12-9-18(24-4)13(20)10-17(12)23-3/h6-10,15H,5,21H2,1-4H3. The van der Waals surface area contributed by atoms with Crippen LogP contribution in [0.5, 0.6) is 17.2 Å². The fraction of sp³-hybridized carbons (Fsp3) is 0.316. The van der Waals surface area contributed by atoms with Crippen LogP contribution in [-0.4, -0.2) is 26.1 Å². The van der Waals surface area contributed by atoms with Gasteiger partial charge in [0, 0.05) is 6.07 Å². The third kappa shape index (κ3) is 4.17. The third-order valence-corrected chi connectivity index (χ3v) is 4.13. The molecule has 0 radical (unpaired) electrons. The van der Waals surface area contributed by atoms with Crippen LogP contribution >= 0.6 is 11.6 Å². The van der Waals surface area contributed by atoms with E-state index in [1.807, 2.05) is 19.9 Å². The van der Waals surface area contributed by atoms with Crippen molar-refractivity contribution in [3.8, 4) is 17.2 Å². The Morgan fingerprint density at radius 1 is 1.12 bits per heavy atom. The number of hydrogen-bond acceptors (Lipinski definition) is 5. The van der Waals surface area contributed by atoms with Crippen molar-refractivity contribution in [3.63, 3.8) is 0 Å². The van der Waals surface area contributed by atoms with Crippen LogP contribution in [0.25, 0.3) is 0 Å². The van der Waals surface area contributed by atoms with Gasteiger partial charge in [-0.1, -0.05) is 24.6 Å². The van der Waals surface area contributed by atoms with E-state index in [-0.39, 0.29) is 5.78 Å². The highest BCUT2D eigenvalue weighted by molar-refractivity contribution is 6.32. The van der Waals surface area contributed by atoms with E-state index >= 15 is 0 Å². The number of nitrogen functional groups attached to an aromatic ring is 1. The second-order valence-corrected chi connectivity index (χ2v) is 6.01. The first-order valence-corrected chi connectivity index (χ1v) is 8.27. The van der Waals surface area contributed by atoms with Crippen molar-refractivity contribution in [2.75, 3.05) is 20.0 Å². The number of ether oxygens (including phenoxy) is 3. The summed E-state index contributed by atoms with van der Waals surface area (Å²) in [5.41, 5.74) is 7.85. The quantitative estimate of drug-likeness (QED) is 0.587. The van der Waals surface area contributed by atoms with Crippen molar-refractivity contribution < 1.29 is 19.0 Å². The summed E-state index contributed by atoms with van der Waals surface area (Å²) < 4.78 is 16.4. The van der Waals surface area contributed by atoms with Gasteiger partial charge in [-0.05, 0) is 37.1 Å². The molecule has 0 fully saturated rings. The lowest BCUT2D eigenvalue weighted by Crippen LogP contribution is -2.27. The maximum Gasteiger partial charge on any atom is 0.207 e. The number of rotatable bonds is 7. The van der Waals surface area contributed by atoms with Gasteiger partial charge < -0.3 is 19.9 Å². The summed E-state index contributed by atoms with van der Waals surface area (Å²) in [6.45, 7) is 3.81. The Morgan fingerprint density at radius 2 is 1.80 bits per heavy atom. The van der Waals surface area contributed by atoms with Crippen LogP contribution in [0, 0.1) is 6.92 Å². The first kappa shape index (κ1) is 18.9. The minimum atomic E-state index is -0.704. The maximum atomic E-state index is 13.0. The van der Waals surface area contributed by atoms with Gasteiger partial charge in [0.1, 0.15) is 17.2 Å².